The first kappa shape index (κ1) is 18.6. The van der Waals surface area contributed by atoms with Crippen LogP contribution in [-0.2, 0) is 0 Å². The minimum Gasteiger partial charge on any atom is -0.459 e. The molecule has 3 amide bonds. The van der Waals surface area contributed by atoms with Crippen LogP contribution in [0.5, 0.6) is 0 Å². The van der Waals surface area contributed by atoms with Crippen LogP contribution in [0.3, 0.4) is 0 Å². The van der Waals surface area contributed by atoms with Gasteiger partial charge in [0.25, 0.3) is 17.7 Å². The van der Waals surface area contributed by atoms with Crippen molar-refractivity contribution in [1.82, 2.24) is 14.7 Å². The van der Waals surface area contributed by atoms with Crippen LogP contribution in [0.2, 0.25) is 0 Å². The quantitative estimate of drug-likeness (QED) is 0.626. The molecular formula is C23H21N3O4. The number of furan rings is 1. The lowest BCUT2D eigenvalue weighted by molar-refractivity contribution is 0.0539. The van der Waals surface area contributed by atoms with Crippen LogP contribution >= 0.6 is 0 Å². The zero-order chi connectivity index (χ0) is 20.7. The molecule has 1 saturated heterocycles. The van der Waals surface area contributed by atoms with E-state index < -0.39 is 0 Å². The molecule has 2 aromatic carbocycles. The van der Waals surface area contributed by atoms with E-state index in [0.29, 0.717) is 56.2 Å². The van der Waals surface area contributed by atoms with Gasteiger partial charge in [0.15, 0.2) is 5.76 Å². The molecule has 0 spiro atoms. The van der Waals surface area contributed by atoms with Gasteiger partial charge in [-0.05, 0) is 29.7 Å². The van der Waals surface area contributed by atoms with E-state index in [1.54, 1.807) is 29.2 Å². The largest absolute Gasteiger partial charge is 0.459 e. The van der Waals surface area contributed by atoms with Crippen molar-refractivity contribution >= 4 is 28.5 Å². The predicted octanol–water partition coefficient (Wildman–Crippen LogP) is 2.49. The maximum Gasteiger partial charge on any atom is 0.289 e. The van der Waals surface area contributed by atoms with Gasteiger partial charge in [0.2, 0.25) is 0 Å². The van der Waals surface area contributed by atoms with Gasteiger partial charge in [-0.15, -0.1) is 0 Å². The first-order chi connectivity index (χ1) is 14.6. The van der Waals surface area contributed by atoms with Gasteiger partial charge >= 0.3 is 0 Å². The number of hydrogen-bond acceptors (Lipinski definition) is 5. The van der Waals surface area contributed by atoms with Crippen molar-refractivity contribution < 1.29 is 18.8 Å². The lowest BCUT2D eigenvalue weighted by Gasteiger charge is -2.35. The number of benzene rings is 2. The third kappa shape index (κ3) is 3.07. The minimum atomic E-state index is -0.240. The molecule has 2 aliphatic heterocycles. The molecule has 7 nitrogen and oxygen atoms in total. The van der Waals surface area contributed by atoms with Crippen LogP contribution < -0.4 is 0 Å². The first-order valence-electron chi connectivity index (χ1n) is 10.1. The SMILES string of the molecule is O=C(c1ccco1)N1CCN(CCN2C(=O)c3cccc4cccc(c34)C2=O)CC1. The Labute approximate surface area is 173 Å². The summed E-state index contributed by atoms with van der Waals surface area (Å²) < 4.78 is 5.19. The van der Waals surface area contributed by atoms with Crippen LogP contribution in [-0.4, -0.2) is 71.7 Å². The zero-order valence-corrected chi connectivity index (χ0v) is 16.4. The van der Waals surface area contributed by atoms with Crippen molar-refractivity contribution in [3.63, 3.8) is 0 Å². The molecule has 30 heavy (non-hydrogen) atoms. The molecule has 1 aromatic heterocycles. The number of amides is 3. The summed E-state index contributed by atoms with van der Waals surface area (Å²) in [5.41, 5.74) is 1.16. The molecule has 3 aromatic rings. The minimum absolute atomic E-state index is 0.106. The summed E-state index contributed by atoms with van der Waals surface area (Å²) in [5, 5.41) is 1.65. The number of imide groups is 1. The highest BCUT2D eigenvalue weighted by Gasteiger charge is 2.33. The summed E-state index contributed by atoms with van der Waals surface area (Å²) >= 11 is 0. The first-order valence-corrected chi connectivity index (χ1v) is 10.1. The summed E-state index contributed by atoms with van der Waals surface area (Å²) in [6.07, 6.45) is 1.49. The highest BCUT2D eigenvalue weighted by molar-refractivity contribution is 6.25. The number of carbonyl (C=O) groups is 3. The third-order valence-corrected chi connectivity index (χ3v) is 5.89. The number of piperazine rings is 1. The molecule has 1 fully saturated rings. The van der Waals surface area contributed by atoms with E-state index in [0.717, 1.165) is 10.8 Å². The molecule has 0 bridgehead atoms. The second-order valence-corrected chi connectivity index (χ2v) is 7.58. The van der Waals surface area contributed by atoms with Crippen LogP contribution in [0.4, 0.5) is 0 Å². The fraction of sp³-hybridized carbons (Fsp3) is 0.261. The summed E-state index contributed by atoms with van der Waals surface area (Å²) in [6, 6.07) is 14.5. The summed E-state index contributed by atoms with van der Waals surface area (Å²) in [7, 11) is 0. The van der Waals surface area contributed by atoms with Crippen molar-refractivity contribution in [2.45, 2.75) is 0 Å². The van der Waals surface area contributed by atoms with E-state index in [1.807, 2.05) is 24.3 Å². The Morgan fingerprint density at radius 2 is 1.50 bits per heavy atom. The van der Waals surface area contributed by atoms with Gasteiger partial charge < -0.3 is 9.32 Å². The normalized spacial score (nSPS) is 17.1. The fourth-order valence-electron chi connectivity index (χ4n) is 4.26. The standard InChI is InChI=1S/C23H21N3O4/c27-21-17-6-1-4-16-5-2-7-18(20(16)17)22(28)26(21)14-11-24-9-12-25(13-10-24)23(29)19-8-3-15-30-19/h1-8,15H,9-14H2. The molecule has 0 radical (unpaired) electrons. The molecule has 2 aliphatic rings. The Kier molecular flexibility index (Phi) is 4.59. The molecule has 0 unspecified atom stereocenters. The third-order valence-electron chi connectivity index (χ3n) is 5.89. The Hall–Kier alpha value is -3.45. The van der Waals surface area contributed by atoms with E-state index >= 15 is 0 Å². The Morgan fingerprint density at radius 3 is 2.10 bits per heavy atom. The number of hydrogen-bond donors (Lipinski definition) is 0. The number of nitrogens with zero attached hydrogens (tertiary/aromatic N) is 3. The van der Waals surface area contributed by atoms with Crippen molar-refractivity contribution in [3.05, 3.63) is 71.7 Å². The fourth-order valence-corrected chi connectivity index (χ4v) is 4.26. The molecule has 152 valence electrons. The maximum atomic E-state index is 13.0. The molecular weight excluding hydrogens is 382 g/mol. The molecule has 0 aliphatic carbocycles. The van der Waals surface area contributed by atoms with Gasteiger partial charge in [-0.3, -0.25) is 24.2 Å². The average Bonchev–Trinajstić information content (AvgIpc) is 3.32. The maximum absolute atomic E-state index is 13.0. The van der Waals surface area contributed by atoms with Crippen LogP contribution in [0.15, 0.2) is 59.2 Å². The molecule has 0 atom stereocenters. The average molecular weight is 403 g/mol. The van der Waals surface area contributed by atoms with Gasteiger partial charge in [0.05, 0.1) is 6.26 Å². The van der Waals surface area contributed by atoms with Crippen molar-refractivity contribution in [2.75, 3.05) is 39.3 Å². The lowest BCUT2D eigenvalue weighted by atomic mass is 9.94. The molecule has 0 N–H and O–H groups in total. The molecule has 7 heteroatoms. The second-order valence-electron chi connectivity index (χ2n) is 7.58. The van der Waals surface area contributed by atoms with Crippen LogP contribution in [0.1, 0.15) is 31.3 Å². The second kappa shape index (κ2) is 7.42. The van der Waals surface area contributed by atoms with E-state index in [4.69, 9.17) is 4.42 Å². The molecule has 5 rings (SSSR count). The van der Waals surface area contributed by atoms with Gasteiger partial charge in [-0.2, -0.15) is 0 Å². The van der Waals surface area contributed by atoms with Gasteiger partial charge in [-0.25, -0.2) is 0 Å². The van der Waals surface area contributed by atoms with Gasteiger partial charge in [0.1, 0.15) is 0 Å². The van der Waals surface area contributed by atoms with E-state index in [1.165, 1.54) is 11.2 Å². The van der Waals surface area contributed by atoms with Crippen molar-refractivity contribution in [3.8, 4) is 0 Å². The molecule has 0 saturated carbocycles. The van der Waals surface area contributed by atoms with Crippen LogP contribution in [0, 0.1) is 0 Å². The van der Waals surface area contributed by atoms with Crippen molar-refractivity contribution in [2.24, 2.45) is 0 Å². The Bertz CT molecular complexity index is 1080. The van der Waals surface area contributed by atoms with E-state index in [2.05, 4.69) is 4.90 Å². The van der Waals surface area contributed by atoms with E-state index in [9.17, 15) is 14.4 Å². The summed E-state index contributed by atoms with van der Waals surface area (Å²) in [4.78, 5) is 43.6. The lowest BCUT2D eigenvalue weighted by Crippen LogP contribution is -2.51. The highest BCUT2D eigenvalue weighted by atomic mass is 16.3. The highest BCUT2D eigenvalue weighted by Crippen LogP contribution is 2.29. The zero-order valence-electron chi connectivity index (χ0n) is 16.4. The van der Waals surface area contributed by atoms with Crippen LogP contribution in [0.25, 0.3) is 10.8 Å². The summed E-state index contributed by atoms with van der Waals surface area (Å²) in [5.74, 6) is -0.238. The Balaban J connectivity index is 1.24. The van der Waals surface area contributed by atoms with Gasteiger partial charge in [-0.1, -0.05) is 24.3 Å². The number of rotatable bonds is 4. The Morgan fingerprint density at radius 1 is 0.833 bits per heavy atom. The monoisotopic (exact) mass is 403 g/mol. The smallest absolute Gasteiger partial charge is 0.289 e. The summed E-state index contributed by atoms with van der Waals surface area (Å²) in [6.45, 7) is 3.46. The van der Waals surface area contributed by atoms with Gasteiger partial charge in [0, 0.05) is 55.8 Å². The predicted molar refractivity (Wildman–Crippen MR) is 110 cm³/mol. The number of carbonyl (C=O) groups excluding carboxylic acids is 3. The van der Waals surface area contributed by atoms with E-state index in [-0.39, 0.29) is 17.7 Å². The topological polar surface area (TPSA) is 74.1 Å². The van der Waals surface area contributed by atoms with Crippen molar-refractivity contribution in [1.29, 1.82) is 0 Å². The molecule has 3 heterocycles.